The minimum atomic E-state index is -0.981. The Labute approximate surface area is 78.1 Å². The van der Waals surface area contributed by atoms with E-state index in [9.17, 15) is 9.59 Å². The lowest BCUT2D eigenvalue weighted by molar-refractivity contribution is -0.131. The molecule has 0 bridgehead atoms. The minimum Gasteiger partial charge on any atom is -0.478 e. The van der Waals surface area contributed by atoms with Gasteiger partial charge in [-0.2, -0.15) is 0 Å². The number of carboxylic acids is 1. The monoisotopic (exact) mass is 185 g/mol. The predicted molar refractivity (Wildman–Crippen MR) is 53.1 cm³/mol. The van der Waals surface area contributed by atoms with Gasteiger partial charge in [-0.25, -0.2) is 4.79 Å². The van der Waals surface area contributed by atoms with Gasteiger partial charge in [0.1, 0.15) is 0 Å². The summed E-state index contributed by atoms with van der Waals surface area (Å²) < 4.78 is 0. The Kier molecular flexibility index (Phi) is 22.1. The van der Waals surface area contributed by atoms with E-state index in [4.69, 9.17) is 5.11 Å². The number of carbonyl (C=O) groups is 2. The average Bonchev–Trinajstić information content (AvgIpc) is 2.07. The van der Waals surface area contributed by atoms with Crippen molar-refractivity contribution in [2.24, 2.45) is 5.73 Å². The van der Waals surface area contributed by atoms with E-state index in [2.05, 4.69) is 25.5 Å². The number of allylic oxidation sites excluding steroid dienone is 1. The lowest BCUT2D eigenvalue weighted by Crippen LogP contribution is -2.04. The number of amides is 1. The van der Waals surface area contributed by atoms with E-state index >= 15 is 0 Å². The van der Waals surface area contributed by atoms with Crippen molar-refractivity contribution in [2.75, 3.05) is 0 Å². The number of hydrogen-bond acceptors (Lipinski definition) is 2. The van der Waals surface area contributed by atoms with E-state index in [0.717, 1.165) is 12.2 Å². The number of carbonyl (C=O) groups excluding carboxylic acids is 1. The summed E-state index contributed by atoms with van der Waals surface area (Å²) in [4.78, 5) is 18.7. The van der Waals surface area contributed by atoms with E-state index in [-0.39, 0.29) is 0 Å². The molecule has 1 amide bonds. The van der Waals surface area contributed by atoms with Crippen LogP contribution in [0, 0.1) is 0 Å². The fourth-order valence-corrected chi connectivity index (χ4v) is 0. The quantitative estimate of drug-likeness (QED) is 0.499. The van der Waals surface area contributed by atoms with Crippen LogP contribution in [0.1, 0.15) is 6.92 Å². The summed E-state index contributed by atoms with van der Waals surface area (Å²) >= 11 is 0. The highest BCUT2D eigenvalue weighted by Gasteiger charge is 1.73. The lowest BCUT2D eigenvalue weighted by atomic mass is 10.6. The molecule has 0 rings (SSSR count). The summed E-state index contributed by atoms with van der Waals surface area (Å²) in [7, 11) is 0. The molecule has 3 N–H and O–H groups in total. The van der Waals surface area contributed by atoms with Crippen molar-refractivity contribution in [2.45, 2.75) is 6.92 Å². The molecule has 4 nitrogen and oxygen atoms in total. The van der Waals surface area contributed by atoms with Crippen molar-refractivity contribution in [3.8, 4) is 0 Å². The molecular weight excluding hydrogens is 170 g/mol. The third-order valence-corrected chi connectivity index (χ3v) is 0.376. The summed E-state index contributed by atoms with van der Waals surface area (Å²) in [6, 6.07) is 0. The van der Waals surface area contributed by atoms with Crippen molar-refractivity contribution >= 4 is 11.9 Å². The van der Waals surface area contributed by atoms with Crippen LogP contribution in [-0.2, 0) is 9.59 Å². The first-order chi connectivity index (χ1) is 5.95. The van der Waals surface area contributed by atoms with E-state index in [1.807, 2.05) is 6.92 Å². The van der Waals surface area contributed by atoms with Crippen molar-refractivity contribution in [1.29, 1.82) is 0 Å². The van der Waals surface area contributed by atoms with Gasteiger partial charge in [-0.05, 0) is 13.0 Å². The second-order valence-electron chi connectivity index (χ2n) is 1.56. The molecule has 0 fully saturated rings. The van der Waals surface area contributed by atoms with Crippen molar-refractivity contribution < 1.29 is 14.7 Å². The molecule has 0 saturated heterocycles. The van der Waals surface area contributed by atoms with E-state index in [1.54, 1.807) is 6.08 Å². The largest absolute Gasteiger partial charge is 0.478 e. The Morgan fingerprint density at radius 2 is 1.38 bits per heavy atom. The normalized spacial score (nSPS) is 5.92. The van der Waals surface area contributed by atoms with Crippen LogP contribution in [-0.4, -0.2) is 17.0 Å². The maximum Gasteiger partial charge on any atom is 0.327 e. The molecule has 0 aliphatic rings. The van der Waals surface area contributed by atoms with Crippen LogP contribution in [0.15, 0.2) is 38.0 Å². The first-order valence-corrected chi connectivity index (χ1v) is 3.30. The Morgan fingerprint density at radius 1 is 1.23 bits per heavy atom. The lowest BCUT2D eigenvalue weighted by Gasteiger charge is -1.65. The molecule has 0 spiro atoms. The molecule has 74 valence electrons. The van der Waals surface area contributed by atoms with Crippen LogP contribution in [0.5, 0.6) is 0 Å². The van der Waals surface area contributed by atoms with E-state index in [1.165, 1.54) is 0 Å². The summed E-state index contributed by atoms with van der Waals surface area (Å²) in [6.45, 7) is 11.3. The first-order valence-electron chi connectivity index (χ1n) is 3.30. The zero-order valence-corrected chi connectivity index (χ0v) is 7.69. The van der Waals surface area contributed by atoms with Gasteiger partial charge >= 0.3 is 5.97 Å². The fraction of sp³-hybridized carbons (Fsp3) is 0.111. The van der Waals surface area contributed by atoms with Crippen LogP contribution >= 0.6 is 0 Å². The summed E-state index contributed by atoms with van der Waals surface area (Å²) in [5.74, 6) is -1.46. The number of carboxylic acid groups (broad SMARTS) is 1. The summed E-state index contributed by atoms with van der Waals surface area (Å²) in [6.07, 6.45) is 3.64. The van der Waals surface area contributed by atoms with Crippen molar-refractivity contribution in [1.82, 2.24) is 0 Å². The molecule has 0 saturated carbocycles. The third-order valence-electron chi connectivity index (χ3n) is 0.376. The Morgan fingerprint density at radius 3 is 1.38 bits per heavy atom. The average molecular weight is 185 g/mol. The molecular formula is C9H15NO3. The van der Waals surface area contributed by atoms with Gasteiger partial charge in [0.2, 0.25) is 5.91 Å². The highest BCUT2D eigenvalue weighted by molar-refractivity contribution is 5.84. The maximum atomic E-state index is 9.47. The zero-order chi connectivity index (χ0) is 11.3. The second kappa shape index (κ2) is 16.6. The van der Waals surface area contributed by atoms with Gasteiger partial charge in [0.05, 0.1) is 0 Å². The zero-order valence-electron chi connectivity index (χ0n) is 7.69. The van der Waals surface area contributed by atoms with Crippen LogP contribution in [0.3, 0.4) is 0 Å². The first kappa shape index (κ1) is 17.3. The maximum absolute atomic E-state index is 9.47. The number of hydrogen-bond donors (Lipinski definition) is 2. The predicted octanol–water partition coefficient (Wildman–Crippen LogP) is 1.11. The molecule has 0 aliphatic carbocycles. The highest BCUT2D eigenvalue weighted by atomic mass is 16.4. The van der Waals surface area contributed by atoms with Gasteiger partial charge < -0.3 is 10.8 Å². The Hall–Kier alpha value is -1.84. The van der Waals surface area contributed by atoms with Gasteiger partial charge in [-0.15, -0.1) is 6.58 Å². The van der Waals surface area contributed by atoms with E-state index < -0.39 is 11.9 Å². The van der Waals surface area contributed by atoms with Crippen LogP contribution in [0.25, 0.3) is 0 Å². The molecule has 0 aromatic heterocycles. The van der Waals surface area contributed by atoms with E-state index in [0.29, 0.717) is 0 Å². The van der Waals surface area contributed by atoms with Crippen LogP contribution in [0.4, 0.5) is 0 Å². The highest BCUT2D eigenvalue weighted by Crippen LogP contribution is 1.54. The molecule has 0 unspecified atom stereocenters. The molecule has 0 aliphatic heterocycles. The Bertz CT molecular complexity index is 167. The smallest absolute Gasteiger partial charge is 0.327 e. The third kappa shape index (κ3) is 145. The molecule has 0 aromatic rings. The SMILES string of the molecule is C=CC.C=CC(=O)O.C=CC(N)=O. The number of primary amides is 1. The summed E-state index contributed by atoms with van der Waals surface area (Å²) in [5.41, 5.74) is 4.53. The molecule has 0 radical (unpaired) electrons. The van der Waals surface area contributed by atoms with Crippen LogP contribution in [0.2, 0.25) is 0 Å². The second-order valence-corrected chi connectivity index (χ2v) is 1.56. The van der Waals surface area contributed by atoms with Crippen molar-refractivity contribution in [3.05, 3.63) is 38.0 Å². The molecule has 4 heteroatoms. The molecule has 0 atom stereocenters. The van der Waals surface area contributed by atoms with Gasteiger partial charge in [0.15, 0.2) is 0 Å². The van der Waals surface area contributed by atoms with Crippen LogP contribution < -0.4 is 5.73 Å². The summed E-state index contributed by atoms with van der Waals surface area (Å²) in [5, 5.41) is 7.60. The number of rotatable bonds is 2. The molecule has 13 heavy (non-hydrogen) atoms. The minimum absolute atomic E-state index is 0.481. The van der Waals surface area contributed by atoms with Gasteiger partial charge in [-0.1, -0.05) is 19.2 Å². The van der Waals surface area contributed by atoms with Gasteiger partial charge in [0.25, 0.3) is 0 Å². The standard InChI is InChI=1S/C3H5NO.C3H4O2.C3H6/c2*1-2-3(4)5;1-3-2/h2H,1H2,(H2,4,5);2H,1H2,(H,4,5);3H,1H2,2H3. The topological polar surface area (TPSA) is 80.4 Å². The van der Waals surface area contributed by atoms with Gasteiger partial charge in [-0.3, -0.25) is 4.79 Å². The molecule has 0 aromatic carbocycles. The van der Waals surface area contributed by atoms with Crippen molar-refractivity contribution in [3.63, 3.8) is 0 Å². The fourth-order valence-electron chi connectivity index (χ4n) is 0. The molecule has 0 heterocycles. The number of nitrogens with two attached hydrogens (primary N) is 1. The van der Waals surface area contributed by atoms with Gasteiger partial charge in [0, 0.05) is 6.08 Å². The number of aliphatic carboxylic acids is 1. The Balaban J connectivity index is -0.000000120.